The number of nitrogens with zero attached hydrogens (tertiary/aromatic N) is 3. The molecule has 2 aliphatic rings. The molecule has 0 aromatic carbocycles. The molecule has 0 bridgehead atoms. The van der Waals surface area contributed by atoms with Crippen LogP contribution in [0.4, 0.5) is 0 Å². The van der Waals surface area contributed by atoms with Gasteiger partial charge in [0.1, 0.15) is 0 Å². The van der Waals surface area contributed by atoms with Crippen LogP contribution in [0.2, 0.25) is 0 Å². The first-order valence-electron chi connectivity index (χ1n) is 7.72. The van der Waals surface area contributed by atoms with Gasteiger partial charge >= 0.3 is 0 Å². The second-order valence-electron chi connectivity index (χ2n) is 6.10. The van der Waals surface area contributed by atoms with E-state index >= 15 is 0 Å². The van der Waals surface area contributed by atoms with Gasteiger partial charge in [-0.05, 0) is 35.2 Å². The summed E-state index contributed by atoms with van der Waals surface area (Å²) >= 11 is 1.79. The Labute approximate surface area is 129 Å². The fourth-order valence-electron chi connectivity index (χ4n) is 3.81. The maximum absolute atomic E-state index is 6.14. The molecule has 3 atom stereocenters. The minimum Gasteiger partial charge on any atom is -0.375 e. The Morgan fingerprint density at radius 2 is 2.38 bits per heavy atom. The zero-order valence-electron chi connectivity index (χ0n) is 12.1. The highest BCUT2D eigenvalue weighted by molar-refractivity contribution is 7.07. The number of hydrogen-bond donors (Lipinski definition) is 0. The van der Waals surface area contributed by atoms with Crippen molar-refractivity contribution in [2.24, 2.45) is 5.92 Å². The molecule has 2 aromatic rings. The van der Waals surface area contributed by atoms with Gasteiger partial charge in [0.25, 0.3) is 0 Å². The van der Waals surface area contributed by atoms with Gasteiger partial charge in [-0.2, -0.15) is 11.3 Å². The molecule has 21 heavy (non-hydrogen) atoms. The highest BCUT2D eigenvalue weighted by atomic mass is 32.1. The van der Waals surface area contributed by atoms with Crippen LogP contribution >= 0.6 is 11.3 Å². The number of rotatable bonds is 4. The van der Waals surface area contributed by atoms with E-state index in [9.17, 15) is 0 Å². The molecule has 1 aliphatic carbocycles. The van der Waals surface area contributed by atoms with Crippen molar-refractivity contribution in [3.63, 3.8) is 0 Å². The van der Waals surface area contributed by atoms with E-state index in [1.165, 1.54) is 18.4 Å². The molecule has 0 unspecified atom stereocenters. The lowest BCUT2D eigenvalue weighted by Gasteiger charge is -2.39. The van der Waals surface area contributed by atoms with Gasteiger partial charge in [0.05, 0.1) is 19.0 Å². The molecule has 3 heterocycles. The normalized spacial score (nSPS) is 29.6. The second-order valence-corrected chi connectivity index (χ2v) is 6.88. The standard InChI is InChI=1S/C16H21N3OS/c1-2-15-16(14(1)10-18-5-4-17-12-18)20-7-6-19(15)9-13-3-8-21-11-13/h3-5,8,11-12,14-16H,1-2,6-7,9-10H2/t14-,15-,16+/m0/s1. The fraction of sp³-hybridized carbons (Fsp3) is 0.562. The Kier molecular flexibility index (Phi) is 3.80. The Bertz CT molecular complexity index is 554. The summed E-state index contributed by atoms with van der Waals surface area (Å²) in [7, 11) is 0. The van der Waals surface area contributed by atoms with Crippen molar-refractivity contribution < 1.29 is 4.74 Å². The number of imidazole rings is 1. The zero-order valence-corrected chi connectivity index (χ0v) is 12.9. The number of hydrogen-bond acceptors (Lipinski definition) is 4. The lowest BCUT2D eigenvalue weighted by atomic mass is 10.0. The summed E-state index contributed by atoms with van der Waals surface area (Å²) in [6.45, 7) is 4.04. The molecule has 1 saturated carbocycles. The molecule has 112 valence electrons. The van der Waals surface area contributed by atoms with Crippen molar-refractivity contribution in [1.29, 1.82) is 0 Å². The van der Waals surface area contributed by atoms with E-state index in [1.807, 2.05) is 12.5 Å². The van der Waals surface area contributed by atoms with Gasteiger partial charge < -0.3 is 9.30 Å². The van der Waals surface area contributed by atoms with Gasteiger partial charge in [-0.3, -0.25) is 4.90 Å². The second kappa shape index (κ2) is 5.91. The van der Waals surface area contributed by atoms with Crippen molar-refractivity contribution >= 4 is 11.3 Å². The Morgan fingerprint density at radius 3 is 3.19 bits per heavy atom. The predicted octanol–water partition coefficient (Wildman–Crippen LogP) is 2.62. The van der Waals surface area contributed by atoms with E-state index in [-0.39, 0.29) is 0 Å². The van der Waals surface area contributed by atoms with Crippen LogP contribution < -0.4 is 0 Å². The summed E-state index contributed by atoms with van der Waals surface area (Å²) in [4.78, 5) is 6.78. The Morgan fingerprint density at radius 1 is 1.38 bits per heavy atom. The lowest BCUT2D eigenvalue weighted by molar-refractivity contribution is -0.0785. The van der Waals surface area contributed by atoms with Crippen molar-refractivity contribution in [1.82, 2.24) is 14.5 Å². The number of thiophene rings is 1. The third kappa shape index (κ3) is 2.78. The minimum atomic E-state index is 0.389. The minimum absolute atomic E-state index is 0.389. The number of ether oxygens (including phenoxy) is 1. The Balaban J connectivity index is 1.44. The van der Waals surface area contributed by atoms with Gasteiger partial charge in [0.2, 0.25) is 0 Å². The van der Waals surface area contributed by atoms with Crippen LogP contribution in [-0.4, -0.2) is 39.7 Å². The molecule has 5 heteroatoms. The van der Waals surface area contributed by atoms with E-state index in [0.29, 0.717) is 18.1 Å². The molecule has 1 saturated heterocycles. The number of fused-ring (bicyclic) bond motifs is 1. The molecule has 2 aromatic heterocycles. The molecule has 4 nitrogen and oxygen atoms in total. The largest absolute Gasteiger partial charge is 0.375 e. The van der Waals surface area contributed by atoms with Crippen LogP contribution in [0.5, 0.6) is 0 Å². The van der Waals surface area contributed by atoms with Crippen LogP contribution in [-0.2, 0) is 17.8 Å². The van der Waals surface area contributed by atoms with E-state index in [4.69, 9.17) is 4.74 Å². The van der Waals surface area contributed by atoms with E-state index in [1.54, 1.807) is 11.3 Å². The quantitative estimate of drug-likeness (QED) is 0.870. The number of aromatic nitrogens is 2. The monoisotopic (exact) mass is 303 g/mol. The van der Waals surface area contributed by atoms with Gasteiger partial charge in [-0.15, -0.1) is 0 Å². The molecule has 2 fully saturated rings. The average Bonchev–Trinajstić information content (AvgIpc) is 3.22. The van der Waals surface area contributed by atoms with Crippen LogP contribution in [0, 0.1) is 5.92 Å². The first kappa shape index (κ1) is 13.5. The van der Waals surface area contributed by atoms with Crippen LogP contribution in [0.1, 0.15) is 18.4 Å². The highest BCUT2D eigenvalue weighted by Crippen LogP contribution is 2.36. The summed E-state index contributed by atoms with van der Waals surface area (Å²) in [5, 5.41) is 4.44. The predicted molar refractivity (Wildman–Crippen MR) is 83.2 cm³/mol. The third-order valence-corrected chi connectivity index (χ3v) is 5.54. The van der Waals surface area contributed by atoms with Crippen LogP contribution in [0.3, 0.4) is 0 Å². The summed E-state index contributed by atoms with van der Waals surface area (Å²) in [5.74, 6) is 0.620. The van der Waals surface area contributed by atoms with Gasteiger partial charge in [0.15, 0.2) is 0 Å². The first-order chi connectivity index (χ1) is 10.4. The summed E-state index contributed by atoms with van der Waals surface area (Å²) < 4.78 is 8.33. The van der Waals surface area contributed by atoms with E-state index in [0.717, 1.165) is 26.2 Å². The SMILES string of the molecule is c1cn(C[C@@H]2CC[C@H]3[C@@H]2OCCN3Cc2ccsc2)cn1. The first-order valence-corrected chi connectivity index (χ1v) is 8.67. The summed E-state index contributed by atoms with van der Waals surface area (Å²) in [5.41, 5.74) is 1.44. The van der Waals surface area contributed by atoms with Crippen molar-refractivity contribution in [3.8, 4) is 0 Å². The van der Waals surface area contributed by atoms with Gasteiger partial charge in [0, 0.05) is 44.0 Å². The molecule has 0 spiro atoms. The average molecular weight is 303 g/mol. The molecule has 0 amide bonds. The molecular formula is C16H21N3OS. The molecule has 1 aliphatic heterocycles. The molecule has 4 rings (SSSR count). The summed E-state index contributed by atoms with van der Waals surface area (Å²) in [6, 6.07) is 2.83. The van der Waals surface area contributed by atoms with Crippen molar-refractivity contribution in [2.75, 3.05) is 13.2 Å². The Hall–Kier alpha value is -1.17. The van der Waals surface area contributed by atoms with Crippen LogP contribution in [0.15, 0.2) is 35.5 Å². The number of morpholine rings is 1. The lowest BCUT2D eigenvalue weighted by Crippen LogP contribution is -2.50. The maximum Gasteiger partial charge on any atom is 0.0946 e. The van der Waals surface area contributed by atoms with Gasteiger partial charge in [-0.1, -0.05) is 0 Å². The fourth-order valence-corrected chi connectivity index (χ4v) is 4.47. The maximum atomic E-state index is 6.14. The third-order valence-electron chi connectivity index (χ3n) is 4.81. The van der Waals surface area contributed by atoms with Crippen molar-refractivity contribution in [3.05, 3.63) is 41.1 Å². The topological polar surface area (TPSA) is 30.3 Å². The van der Waals surface area contributed by atoms with E-state index < -0.39 is 0 Å². The van der Waals surface area contributed by atoms with Crippen molar-refractivity contribution in [2.45, 2.75) is 38.1 Å². The highest BCUT2D eigenvalue weighted by Gasteiger charge is 2.42. The molecular weight excluding hydrogens is 282 g/mol. The zero-order chi connectivity index (χ0) is 14.1. The molecule has 0 N–H and O–H groups in total. The summed E-state index contributed by atoms with van der Waals surface area (Å²) in [6.07, 6.45) is 8.73. The van der Waals surface area contributed by atoms with Crippen LogP contribution in [0.25, 0.3) is 0 Å². The van der Waals surface area contributed by atoms with Gasteiger partial charge in [-0.25, -0.2) is 4.98 Å². The molecule has 0 radical (unpaired) electrons. The smallest absolute Gasteiger partial charge is 0.0946 e. The van der Waals surface area contributed by atoms with E-state index in [2.05, 4.69) is 37.5 Å².